The number of halogens is 2. The summed E-state index contributed by atoms with van der Waals surface area (Å²) in [5.41, 5.74) is 1.88. The van der Waals surface area contributed by atoms with Crippen LogP contribution in [-0.4, -0.2) is 20.6 Å². The second-order valence-corrected chi connectivity index (χ2v) is 4.98. The maximum absolute atomic E-state index is 6.06. The highest BCUT2D eigenvalue weighted by Crippen LogP contribution is 2.22. The van der Waals surface area contributed by atoms with Gasteiger partial charge in [-0.2, -0.15) is 0 Å². The van der Waals surface area contributed by atoms with E-state index in [4.69, 9.17) is 27.7 Å². The Morgan fingerprint density at radius 1 is 1.26 bits per heavy atom. The van der Waals surface area contributed by atoms with E-state index in [9.17, 15) is 0 Å². The smallest absolute Gasteiger partial charge is 0.156 e. The van der Waals surface area contributed by atoms with Crippen LogP contribution in [0.2, 0.25) is 5.02 Å². The van der Waals surface area contributed by atoms with Crippen LogP contribution in [0.1, 0.15) is 11.6 Å². The van der Waals surface area contributed by atoms with Gasteiger partial charge in [-0.3, -0.25) is 0 Å². The summed E-state index contributed by atoms with van der Waals surface area (Å²) in [6.45, 7) is 0.572. The van der Waals surface area contributed by atoms with Gasteiger partial charge in [-0.15, -0.1) is 11.6 Å². The second-order valence-electron chi connectivity index (χ2n) is 4.16. The van der Waals surface area contributed by atoms with Crippen molar-refractivity contribution in [3.05, 3.63) is 47.1 Å². The van der Waals surface area contributed by atoms with Crippen LogP contribution in [0.25, 0.3) is 11.0 Å². The van der Waals surface area contributed by atoms with Crippen LogP contribution in [0.15, 0.2) is 35.0 Å². The van der Waals surface area contributed by atoms with E-state index in [1.54, 1.807) is 6.20 Å². The molecule has 0 saturated heterocycles. The minimum Gasteiger partial charge on any atom is -0.359 e. The monoisotopic (exact) mass is 295 g/mol. The summed E-state index contributed by atoms with van der Waals surface area (Å²) in [6, 6.07) is 7.48. The van der Waals surface area contributed by atoms with Gasteiger partial charge >= 0.3 is 0 Å². The molecule has 0 atom stereocenters. The van der Waals surface area contributed by atoms with Crippen molar-refractivity contribution in [3.8, 4) is 0 Å². The number of aromatic nitrogens is 3. The third-order valence-corrected chi connectivity index (χ3v) is 3.34. The molecule has 4 nitrogen and oxygen atoms in total. The summed E-state index contributed by atoms with van der Waals surface area (Å²) in [4.78, 5) is 4.58. The van der Waals surface area contributed by atoms with E-state index in [2.05, 4.69) is 14.7 Å². The zero-order valence-electron chi connectivity index (χ0n) is 10.0. The number of nitrogens with zero attached hydrogens (tertiary/aromatic N) is 3. The zero-order valence-corrected chi connectivity index (χ0v) is 11.5. The summed E-state index contributed by atoms with van der Waals surface area (Å²) in [7, 11) is 0. The van der Waals surface area contributed by atoms with Crippen molar-refractivity contribution >= 4 is 34.2 Å². The number of rotatable bonds is 4. The molecular formula is C13H11Cl2N3O. The van der Waals surface area contributed by atoms with E-state index in [-0.39, 0.29) is 0 Å². The van der Waals surface area contributed by atoms with Gasteiger partial charge in [0.15, 0.2) is 5.76 Å². The van der Waals surface area contributed by atoms with E-state index in [1.807, 2.05) is 24.3 Å². The number of benzene rings is 1. The van der Waals surface area contributed by atoms with Crippen LogP contribution < -0.4 is 0 Å². The fraction of sp³-hybridized carbons (Fsp3) is 0.231. The Balaban J connectivity index is 2.12. The molecule has 2 aromatic heterocycles. The predicted molar refractivity (Wildman–Crippen MR) is 74.8 cm³/mol. The van der Waals surface area contributed by atoms with Crippen LogP contribution >= 0.6 is 23.2 Å². The molecule has 0 N–H and O–H groups in total. The largest absolute Gasteiger partial charge is 0.359 e. The van der Waals surface area contributed by atoms with E-state index in [0.717, 1.165) is 22.6 Å². The minimum atomic E-state index is 0.521. The van der Waals surface area contributed by atoms with Gasteiger partial charge in [0.25, 0.3) is 0 Å². The van der Waals surface area contributed by atoms with Crippen LogP contribution in [0.5, 0.6) is 0 Å². The Bertz CT molecular complexity index is 691. The first kappa shape index (κ1) is 12.5. The molecule has 0 unspecified atom stereocenters. The molecular weight excluding hydrogens is 285 g/mol. The molecule has 0 saturated carbocycles. The molecule has 19 heavy (non-hydrogen) atoms. The summed E-state index contributed by atoms with van der Waals surface area (Å²) in [6.07, 6.45) is 2.32. The van der Waals surface area contributed by atoms with Crippen LogP contribution in [0, 0.1) is 0 Å². The second kappa shape index (κ2) is 5.23. The zero-order chi connectivity index (χ0) is 13.2. The Hall–Kier alpha value is -1.52. The van der Waals surface area contributed by atoms with Crippen molar-refractivity contribution in [3.63, 3.8) is 0 Å². The molecule has 0 amide bonds. The van der Waals surface area contributed by atoms with Gasteiger partial charge in [0.05, 0.1) is 23.8 Å². The van der Waals surface area contributed by atoms with Crippen LogP contribution in [-0.2, 0) is 13.0 Å². The highest BCUT2D eigenvalue weighted by molar-refractivity contribution is 6.31. The number of aryl methyl sites for hydroxylation is 1. The summed E-state index contributed by atoms with van der Waals surface area (Å²) in [5, 5.41) is 4.40. The lowest BCUT2D eigenvalue weighted by Gasteiger charge is -2.06. The van der Waals surface area contributed by atoms with E-state index < -0.39 is 0 Å². The van der Waals surface area contributed by atoms with Crippen molar-refractivity contribution in [1.82, 2.24) is 14.7 Å². The van der Waals surface area contributed by atoms with Gasteiger partial charge in [0, 0.05) is 23.4 Å². The van der Waals surface area contributed by atoms with E-state index in [0.29, 0.717) is 23.9 Å². The molecule has 0 bridgehead atoms. The molecule has 0 spiro atoms. The standard InChI is InChI=1S/C13H11Cl2N3O/c14-5-3-13-17-11-2-1-9(15)7-12(11)18(13)8-10-4-6-16-19-10/h1-2,4,6-7H,3,5,8H2. The van der Waals surface area contributed by atoms with Crippen molar-refractivity contribution in [2.75, 3.05) is 5.88 Å². The molecule has 1 aromatic carbocycles. The minimum absolute atomic E-state index is 0.521. The number of alkyl halides is 1. The van der Waals surface area contributed by atoms with Crippen molar-refractivity contribution in [1.29, 1.82) is 0 Å². The van der Waals surface area contributed by atoms with Gasteiger partial charge in [-0.1, -0.05) is 16.8 Å². The lowest BCUT2D eigenvalue weighted by atomic mass is 10.3. The Morgan fingerprint density at radius 3 is 2.89 bits per heavy atom. The van der Waals surface area contributed by atoms with Crippen molar-refractivity contribution in [2.24, 2.45) is 0 Å². The van der Waals surface area contributed by atoms with Crippen molar-refractivity contribution in [2.45, 2.75) is 13.0 Å². The molecule has 0 radical (unpaired) electrons. The van der Waals surface area contributed by atoms with Crippen molar-refractivity contribution < 1.29 is 4.52 Å². The summed E-state index contributed by atoms with van der Waals surface area (Å²) in [5.74, 6) is 2.21. The molecule has 6 heteroatoms. The first-order valence-corrected chi connectivity index (χ1v) is 6.79. The fourth-order valence-electron chi connectivity index (χ4n) is 2.08. The topological polar surface area (TPSA) is 43.9 Å². The number of hydrogen-bond acceptors (Lipinski definition) is 3. The highest BCUT2D eigenvalue weighted by atomic mass is 35.5. The van der Waals surface area contributed by atoms with E-state index >= 15 is 0 Å². The molecule has 98 valence electrons. The van der Waals surface area contributed by atoms with Gasteiger partial charge in [0.2, 0.25) is 0 Å². The highest BCUT2D eigenvalue weighted by Gasteiger charge is 2.12. The normalized spacial score (nSPS) is 11.3. The number of hydrogen-bond donors (Lipinski definition) is 0. The number of fused-ring (bicyclic) bond motifs is 1. The third-order valence-electron chi connectivity index (χ3n) is 2.91. The first-order valence-electron chi connectivity index (χ1n) is 5.88. The lowest BCUT2D eigenvalue weighted by Crippen LogP contribution is -2.05. The Labute approximate surface area is 119 Å². The van der Waals surface area contributed by atoms with Gasteiger partial charge in [-0.05, 0) is 18.2 Å². The molecule has 0 aliphatic carbocycles. The maximum Gasteiger partial charge on any atom is 0.156 e. The lowest BCUT2D eigenvalue weighted by molar-refractivity contribution is 0.376. The molecule has 0 fully saturated rings. The first-order chi connectivity index (χ1) is 9.28. The molecule has 2 heterocycles. The molecule has 0 aliphatic heterocycles. The molecule has 3 aromatic rings. The van der Waals surface area contributed by atoms with Gasteiger partial charge in [-0.25, -0.2) is 4.98 Å². The molecule has 0 aliphatic rings. The Morgan fingerprint density at radius 2 is 2.16 bits per heavy atom. The number of imidazole rings is 1. The average Bonchev–Trinajstić information content (AvgIpc) is 3.00. The fourth-order valence-corrected chi connectivity index (χ4v) is 2.41. The average molecular weight is 296 g/mol. The molecule has 3 rings (SSSR count). The van der Waals surface area contributed by atoms with Crippen LogP contribution in [0.4, 0.5) is 0 Å². The van der Waals surface area contributed by atoms with E-state index in [1.165, 1.54) is 0 Å². The van der Waals surface area contributed by atoms with Gasteiger partial charge in [0.1, 0.15) is 5.82 Å². The SMILES string of the molecule is ClCCc1nc2ccc(Cl)cc2n1Cc1ccno1. The maximum atomic E-state index is 6.06. The quantitative estimate of drug-likeness (QED) is 0.692. The predicted octanol–water partition coefficient (Wildman–Crippen LogP) is 3.51. The summed E-state index contributed by atoms with van der Waals surface area (Å²) < 4.78 is 7.21. The van der Waals surface area contributed by atoms with Gasteiger partial charge < -0.3 is 9.09 Å². The third kappa shape index (κ3) is 2.46. The summed E-state index contributed by atoms with van der Waals surface area (Å²) >= 11 is 11.9. The van der Waals surface area contributed by atoms with Crippen LogP contribution in [0.3, 0.4) is 0 Å². The Kier molecular flexibility index (Phi) is 3.44.